The van der Waals surface area contributed by atoms with Crippen LogP contribution in [0.3, 0.4) is 0 Å². The van der Waals surface area contributed by atoms with E-state index in [0.717, 1.165) is 17.0 Å². The van der Waals surface area contributed by atoms with E-state index in [2.05, 4.69) is 22.5 Å². The molecule has 0 amide bonds. The van der Waals surface area contributed by atoms with E-state index in [4.69, 9.17) is 17.3 Å². The Labute approximate surface area is 118 Å². The quantitative estimate of drug-likeness (QED) is 0.785. The molecule has 0 spiro atoms. The van der Waals surface area contributed by atoms with Gasteiger partial charge in [-0.3, -0.25) is 0 Å². The van der Waals surface area contributed by atoms with Crippen LogP contribution in [0.5, 0.6) is 0 Å². The Morgan fingerprint density at radius 3 is 2.95 bits per heavy atom. The van der Waals surface area contributed by atoms with Gasteiger partial charge in [-0.25, -0.2) is 4.98 Å². The van der Waals surface area contributed by atoms with Gasteiger partial charge in [0, 0.05) is 6.04 Å². The SMILES string of the molecule is CC1CCCC(n2c(N)nc3c(Cl)cccc32)CC1. The van der Waals surface area contributed by atoms with Crippen LogP contribution in [0.15, 0.2) is 18.2 Å². The second kappa shape index (κ2) is 5.04. The van der Waals surface area contributed by atoms with Crippen molar-refractivity contribution in [3.05, 3.63) is 23.2 Å². The largest absolute Gasteiger partial charge is 0.369 e. The summed E-state index contributed by atoms with van der Waals surface area (Å²) in [5.74, 6) is 1.42. The molecule has 1 heterocycles. The van der Waals surface area contributed by atoms with Crippen molar-refractivity contribution in [2.75, 3.05) is 5.73 Å². The van der Waals surface area contributed by atoms with E-state index in [0.29, 0.717) is 17.0 Å². The van der Waals surface area contributed by atoms with Crippen LogP contribution in [0.4, 0.5) is 5.95 Å². The molecule has 0 aliphatic heterocycles. The number of fused-ring (bicyclic) bond motifs is 1. The molecule has 1 aliphatic rings. The van der Waals surface area contributed by atoms with Gasteiger partial charge >= 0.3 is 0 Å². The molecule has 3 rings (SSSR count). The first kappa shape index (κ1) is 12.8. The summed E-state index contributed by atoms with van der Waals surface area (Å²) in [6.45, 7) is 2.34. The molecule has 19 heavy (non-hydrogen) atoms. The van der Waals surface area contributed by atoms with Crippen molar-refractivity contribution in [3.8, 4) is 0 Å². The maximum atomic E-state index is 6.21. The summed E-state index contributed by atoms with van der Waals surface area (Å²) >= 11 is 6.21. The molecule has 1 saturated carbocycles. The molecule has 2 atom stereocenters. The van der Waals surface area contributed by atoms with E-state index >= 15 is 0 Å². The molecular formula is C15H20ClN3. The minimum absolute atomic E-state index is 0.466. The third-order valence-corrected chi connectivity index (χ3v) is 4.60. The highest BCUT2D eigenvalue weighted by molar-refractivity contribution is 6.35. The van der Waals surface area contributed by atoms with Crippen LogP contribution in [-0.2, 0) is 0 Å². The zero-order chi connectivity index (χ0) is 13.4. The fourth-order valence-electron chi connectivity index (χ4n) is 3.21. The van der Waals surface area contributed by atoms with Crippen molar-refractivity contribution < 1.29 is 0 Å². The van der Waals surface area contributed by atoms with Crippen LogP contribution < -0.4 is 5.73 Å². The van der Waals surface area contributed by atoms with Crippen LogP contribution in [0.25, 0.3) is 11.0 Å². The third kappa shape index (κ3) is 2.32. The predicted molar refractivity (Wildman–Crippen MR) is 80.4 cm³/mol. The highest BCUT2D eigenvalue weighted by Gasteiger charge is 2.22. The highest BCUT2D eigenvalue weighted by Crippen LogP contribution is 2.35. The van der Waals surface area contributed by atoms with Gasteiger partial charge in [-0.15, -0.1) is 0 Å². The zero-order valence-corrected chi connectivity index (χ0v) is 12.0. The number of anilines is 1. The van der Waals surface area contributed by atoms with Gasteiger partial charge in [0.05, 0.1) is 10.5 Å². The molecule has 2 N–H and O–H groups in total. The van der Waals surface area contributed by atoms with Crippen LogP contribution in [0.2, 0.25) is 5.02 Å². The van der Waals surface area contributed by atoms with E-state index in [-0.39, 0.29) is 0 Å². The number of rotatable bonds is 1. The van der Waals surface area contributed by atoms with Crippen LogP contribution in [0.1, 0.15) is 45.1 Å². The maximum Gasteiger partial charge on any atom is 0.201 e. The van der Waals surface area contributed by atoms with Crippen LogP contribution >= 0.6 is 11.6 Å². The van der Waals surface area contributed by atoms with Crippen molar-refractivity contribution in [3.63, 3.8) is 0 Å². The lowest BCUT2D eigenvalue weighted by molar-refractivity contribution is 0.445. The van der Waals surface area contributed by atoms with E-state index in [1.807, 2.05) is 12.1 Å². The summed E-state index contributed by atoms with van der Waals surface area (Å²) in [7, 11) is 0. The van der Waals surface area contributed by atoms with Gasteiger partial charge in [0.25, 0.3) is 0 Å². The van der Waals surface area contributed by atoms with Gasteiger partial charge < -0.3 is 10.3 Å². The number of aromatic nitrogens is 2. The van der Waals surface area contributed by atoms with Gasteiger partial charge in [0.15, 0.2) is 0 Å². The molecule has 0 bridgehead atoms. The Morgan fingerprint density at radius 1 is 1.26 bits per heavy atom. The van der Waals surface area contributed by atoms with Gasteiger partial charge in [-0.1, -0.05) is 37.4 Å². The molecule has 0 radical (unpaired) electrons. The number of nitrogens with two attached hydrogens (primary N) is 1. The van der Waals surface area contributed by atoms with E-state index in [9.17, 15) is 0 Å². The number of benzene rings is 1. The summed E-state index contributed by atoms with van der Waals surface area (Å²) in [6.07, 6.45) is 6.23. The Kier molecular flexibility index (Phi) is 3.40. The Hall–Kier alpha value is -1.22. The second-order valence-corrected chi connectivity index (χ2v) is 6.12. The van der Waals surface area contributed by atoms with Crippen molar-refractivity contribution >= 4 is 28.6 Å². The summed E-state index contributed by atoms with van der Waals surface area (Å²) < 4.78 is 2.19. The molecule has 1 aromatic carbocycles. The summed E-state index contributed by atoms with van der Waals surface area (Å²) in [5, 5.41) is 0.685. The summed E-state index contributed by atoms with van der Waals surface area (Å²) in [4.78, 5) is 4.45. The number of hydrogen-bond donors (Lipinski definition) is 1. The zero-order valence-electron chi connectivity index (χ0n) is 11.3. The number of imidazole rings is 1. The fourth-order valence-corrected chi connectivity index (χ4v) is 3.42. The van der Waals surface area contributed by atoms with Gasteiger partial charge in [0.2, 0.25) is 5.95 Å². The first-order valence-electron chi connectivity index (χ1n) is 7.08. The van der Waals surface area contributed by atoms with Crippen LogP contribution in [-0.4, -0.2) is 9.55 Å². The summed E-state index contributed by atoms with van der Waals surface area (Å²) in [6, 6.07) is 6.38. The van der Waals surface area contributed by atoms with E-state index < -0.39 is 0 Å². The van der Waals surface area contributed by atoms with Crippen molar-refractivity contribution in [2.45, 2.75) is 45.1 Å². The van der Waals surface area contributed by atoms with E-state index in [1.54, 1.807) is 0 Å². The smallest absolute Gasteiger partial charge is 0.201 e. The third-order valence-electron chi connectivity index (χ3n) is 4.29. The van der Waals surface area contributed by atoms with Crippen molar-refractivity contribution in [2.24, 2.45) is 5.92 Å². The van der Waals surface area contributed by atoms with E-state index in [1.165, 1.54) is 32.1 Å². The number of nitrogens with zero attached hydrogens (tertiary/aromatic N) is 2. The standard InChI is InChI=1S/C15H20ClN3/c1-10-4-2-5-11(9-8-10)19-13-7-3-6-12(16)14(13)18-15(19)17/h3,6-7,10-11H,2,4-5,8-9H2,1H3,(H2,17,18). The second-order valence-electron chi connectivity index (χ2n) is 5.71. The lowest BCUT2D eigenvalue weighted by atomic mass is 10.0. The van der Waals surface area contributed by atoms with Crippen molar-refractivity contribution in [1.29, 1.82) is 0 Å². The molecule has 1 aromatic heterocycles. The van der Waals surface area contributed by atoms with Crippen molar-refractivity contribution in [1.82, 2.24) is 9.55 Å². The predicted octanol–water partition coefficient (Wildman–Crippen LogP) is 4.41. The first-order valence-corrected chi connectivity index (χ1v) is 7.46. The fraction of sp³-hybridized carbons (Fsp3) is 0.533. The molecule has 2 unspecified atom stereocenters. The molecule has 2 aromatic rings. The number of para-hydroxylation sites is 1. The summed E-state index contributed by atoms with van der Waals surface area (Å²) in [5.41, 5.74) is 8.04. The lowest BCUT2D eigenvalue weighted by Gasteiger charge is -2.18. The maximum absolute atomic E-state index is 6.21. The van der Waals surface area contributed by atoms with Gasteiger partial charge in [0.1, 0.15) is 5.52 Å². The number of halogens is 1. The van der Waals surface area contributed by atoms with Crippen LogP contribution in [0, 0.1) is 5.92 Å². The van der Waals surface area contributed by atoms with Gasteiger partial charge in [-0.2, -0.15) is 0 Å². The first-order chi connectivity index (χ1) is 9.16. The highest BCUT2D eigenvalue weighted by atomic mass is 35.5. The normalized spacial score (nSPS) is 24.5. The Bertz CT molecular complexity index is 590. The molecule has 3 nitrogen and oxygen atoms in total. The minimum atomic E-state index is 0.466. The molecule has 1 aliphatic carbocycles. The average Bonchev–Trinajstić information content (AvgIpc) is 2.57. The molecule has 0 saturated heterocycles. The minimum Gasteiger partial charge on any atom is -0.369 e. The Balaban J connectivity index is 2.04. The molecule has 4 heteroatoms. The number of nitrogen functional groups attached to an aromatic ring is 1. The Morgan fingerprint density at radius 2 is 2.11 bits per heavy atom. The molecule has 1 fully saturated rings. The monoisotopic (exact) mass is 277 g/mol. The average molecular weight is 278 g/mol. The molecular weight excluding hydrogens is 258 g/mol. The topological polar surface area (TPSA) is 43.8 Å². The molecule has 102 valence electrons. The number of hydrogen-bond acceptors (Lipinski definition) is 2. The lowest BCUT2D eigenvalue weighted by Crippen LogP contribution is -2.11. The van der Waals surface area contributed by atoms with Gasteiger partial charge in [-0.05, 0) is 37.3 Å².